The molecule has 9 heteroatoms. The molecule has 3 aromatic rings. The highest BCUT2D eigenvalue weighted by atomic mass is 79.9. The van der Waals surface area contributed by atoms with Gasteiger partial charge in [-0.1, -0.05) is 31.9 Å². The van der Waals surface area contributed by atoms with Gasteiger partial charge in [-0.25, -0.2) is 0 Å². The van der Waals surface area contributed by atoms with Crippen LogP contribution in [-0.4, -0.2) is 31.1 Å². The predicted molar refractivity (Wildman–Crippen MR) is 120 cm³/mol. The molecule has 6 nitrogen and oxygen atoms in total. The van der Waals surface area contributed by atoms with Gasteiger partial charge in [0.2, 0.25) is 0 Å². The van der Waals surface area contributed by atoms with Crippen LogP contribution in [0.4, 0.5) is 5.69 Å². The van der Waals surface area contributed by atoms with Crippen molar-refractivity contribution >= 4 is 60.0 Å². The molecule has 0 radical (unpaired) electrons. The molecule has 0 unspecified atom stereocenters. The van der Waals surface area contributed by atoms with Crippen LogP contribution in [0.15, 0.2) is 83.9 Å². The number of aliphatic imine (C=N–C) groups is 1. The average molecular weight is 538 g/mol. The van der Waals surface area contributed by atoms with Crippen molar-refractivity contribution in [1.82, 2.24) is 0 Å². The minimum Gasteiger partial charge on any atom is -0.507 e. The van der Waals surface area contributed by atoms with Gasteiger partial charge in [0, 0.05) is 26.3 Å². The van der Waals surface area contributed by atoms with Crippen LogP contribution >= 0.6 is 31.9 Å². The van der Waals surface area contributed by atoms with Crippen molar-refractivity contribution < 1.29 is 18.6 Å². The van der Waals surface area contributed by atoms with Crippen LogP contribution in [0, 0.1) is 0 Å². The maximum atomic E-state index is 12.4. The van der Waals surface area contributed by atoms with Gasteiger partial charge in [0.1, 0.15) is 11.5 Å². The van der Waals surface area contributed by atoms with E-state index in [-0.39, 0.29) is 22.0 Å². The smallest absolute Gasteiger partial charge is 0.282 e. The number of halogens is 2. The highest BCUT2D eigenvalue weighted by Gasteiger charge is 2.12. The number of hydrogen-bond donors (Lipinski definition) is 2. The molecule has 3 aromatic carbocycles. The summed E-state index contributed by atoms with van der Waals surface area (Å²) >= 11 is 6.58. The van der Waals surface area contributed by atoms with Gasteiger partial charge in [0.25, 0.3) is 10.0 Å². The van der Waals surface area contributed by atoms with Crippen molar-refractivity contribution in [3.8, 4) is 11.5 Å². The van der Waals surface area contributed by atoms with Crippen LogP contribution in [0.5, 0.6) is 11.5 Å². The first kappa shape index (κ1) is 21.2. The maximum absolute atomic E-state index is 12.4. The lowest BCUT2D eigenvalue weighted by atomic mass is 10.2. The van der Waals surface area contributed by atoms with Crippen LogP contribution in [0.25, 0.3) is 0 Å². The quantitative estimate of drug-likeness (QED) is 0.438. The Labute approximate surface area is 184 Å². The molecule has 2 N–H and O–H groups in total. The first-order valence-corrected chi connectivity index (χ1v) is 11.2. The Hall–Kier alpha value is -2.49. The average Bonchev–Trinajstić information content (AvgIpc) is 2.70. The fourth-order valence-corrected chi connectivity index (χ4v) is 3.90. The summed E-state index contributed by atoms with van der Waals surface area (Å²) in [6, 6.07) is 15.4. The highest BCUT2D eigenvalue weighted by molar-refractivity contribution is 9.10. The minimum absolute atomic E-state index is 0.00695. The fourth-order valence-electron chi connectivity index (χ4n) is 2.29. The second-order valence-corrected chi connectivity index (χ2v) is 9.33. The lowest BCUT2D eigenvalue weighted by molar-refractivity contribution is 0.474. The number of benzene rings is 3. The lowest BCUT2D eigenvalue weighted by Crippen LogP contribution is -1.97. The Morgan fingerprint density at radius 1 is 0.759 bits per heavy atom. The van der Waals surface area contributed by atoms with Gasteiger partial charge in [0.15, 0.2) is 0 Å². The second kappa shape index (κ2) is 8.89. The topological polar surface area (TPSA) is 99.3 Å². The SMILES string of the molecule is O=S(=O)(N=Cc1cc(Br)ccc1O)c1ccc(N=Cc2cc(Br)ccc2O)cc1. The molecule has 3 rings (SSSR count). The number of hydrogen-bond acceptors (Lipinski definition) is 5. The van der Waals surface area contributed by atoms with E-state index in [0.29, 0.717) is 15.7 Å². The van der Waals surface area contributed by atoms with Gasteiger partial charge in [-0.2, -0.15) is 12.8 Å². The van der Waals surface area contributed by atoms with Gasteiger partial charge in [-0.15, -0.1) is 0 Å². The van der Waals surface area contributed by atoms with E-state index in [1.54, 1.807) is 30.3 Å². The van der Waals surface area contributed by atoms with E-state index in [0.717, 1.165) is 10.7 Å². The lowest BCUT2D eigenvalue weighted by Gasteiger charge is -2.02. The van der Waals surface area contributed by atoms with E-state index in [1.165, 1.54) is 36.5 Å². The monoisotopic (exact) mass is 536 g/mol. The van der Waals surface area contributed by atoms with Gasteiger partial charge >= 0.3 is 0 Å². The third-order valence-corrected chi connectivity index (χ3v) is 6.03. The zero-order valence-corrected chi connectivity index (χ0v) is 18.7. The summed E-state index contributed by atoms with van der Waals surface area (Å²) in [6.07, 6.45) is 2.58. The van der Waals surface area contributed by atoms with E-state index in [9.17, 15) is 18.6 Å². The summed E-state index contributed by atoms with van der Waals surface area (Å²) < 4.78 is 29.9. The van der Waals surface area contributed by atoms with Crippen LogP contribution in [0.1, 0.15) is 11.1 Å². The van der Waals surface area contributed by atoms with E-state index in [1.807, 2.05) is 0 Å². The summed E-state index contributed by atoms with van der Waals surface area (Å²) in [5.41, 5.74) is 1.31. The van der Waals surface area contributed by atoms with Gasteiger partial charge in [-0.3, -0.25) is 4.99 Å². The zero-order valence-electron chi connectivity index (χ0n) is 14.7. The molecule has 0 aromatic heterocycles. The third-order valence-electron chi connectivity index (χ3n) is 3.80. The maximum Gasteiger partial charge on any atom is 0.282 e. The number of rotatable bonds is 5. The molecule has 29 heavy (non-hydrogen) atoms. The number of aromatic hydroxyl groups is 2. The third kappa shape index (κ3) is 5.53. The normalized spacial score (nSPS) is 12.1. The number of phenolic OH excluding ortho intramolecular Hbond substituents is 2. The summed E-state index contributed by atoms with van der Waals surface area (Å²) in [5.74, 6) is 0.00826. The molecule has 0 bridgehead atoms. The van der Waals surface area contributed by atoms with Gasteiger partial charge in [-0.05, 0) is 60.7 Å². The summed E-state index contributed by atoms with van der Waals surface area (Å²) in [6.45, 7) is 0. The van der Waals surface area contributed by atoms with Crippen LogP contribution in [-0.2, 0) is 10.0 Å². The summed E-state index contributed by atoms with van der Waals surface area (Å²) in [4.78, 5) is 4.23. The van der Waals surface area contributed by atoms with Crippen molar-refractivity contribution in [3.63, 3.8) is 0 Å². The summed E-state index contributed by atoms with van der Waals surface area (Å²) in [7, 11) is -3.94. The molecule has 0 aliphatic carbocycles. The standard InChI is InChI=1S/C20H14Br2N2O4S/c21-15-1-7-19(25)13(9-15)11-23-17-3-5-18(6-4-17)29(27,28)24-12-14-10-16(22)2-8-20(14)26/h1-12,25-26H. The van der Waals surface area contributed by atoms with Crippen LogP contribution in [0.2, 0.25) is 0 Å². The first-order valence-electron chi connectivity index (χ1n) is 8.16. The first-order chi connectivity index (χ1) is 13.7. The predicted octanol–water partition coefficient (Wildman–Crippen LogP) is 5.18. The van der Waals surface area contributed by atoms with E-state index < -0.39 is 10.0 Å². The molecule has 0 atom stereocenters. The van der Waals surface area contributed by atoms with Crippen molar-refractivity contribution in [2.45, 2.75) is 4.90 Å². The summed E-state index contributed by atoms with van der Waals surface area (Å²) in [5, 5.41) is 19.6. The molecule has 0 aliphatic rings. The molecule has 0 fully saturated rings. The zero-order chi connectivity index (χ0) is 21.0. The Balaban J connectivity index is 1.80. The van der Waals surface area contributed by atoms with Crippen molar-refractivity contribution in [1.29, 1.82) is 0 Å². The molecular weight excluding hydrogens is 524 g/mol. The molecule has 0 amide bonds. The van der Waals surface area contributed by atoms with E-state index >= 15 is 0 Å². The highest BCUT2D eigenvalue weighted by Crippen LogP contribution is 2.23. The van der Waals surface area contributed by atoms with E-state index in [2.05, 4.69) is 41.3 Å². The Morgan fingerprint density at radius 2 is 1.28 bits per heavy atom. The Bertz CT molecular complexity index is 1210. The fraction of sp³-hybridized carbons (Fsp3) is 0. The van der Waals surface area contributed by atoms with Gasteiger partial charge in [0.05, 0.1) is 16.8 Å². The van der Waals surface area contributed by atoms with Crippen LogP contribution in [0.3, 0.4) is 0 Å². The molecule has 148 valence electrons. The molecular formula is C20H14Br2N2O4S. The molecule has 0 saturated carbocycles. The van der Waals surface area contributed by atoms with E-state index in [4.69, 9.17) is 0 Å². The minimum atomic E-state index is -3.94. The molecule has 0 spiro atoms. The van der Waals surface area contributed by atoms with Crippen molar-refractivity contribution in [2.75, 3.05) is 0 Å². The molecule has 0 heterocycles. The van der Waals surface area contributed by atoms with Crippen molar-refractivity contribution in [3.05, 3.63) is 80.7 Å². The largest absolute Gasteiger partial charge is 0.507 e. The Morgan fingerprint density at radius 3 is 1.83 bits per heavy atom. The molecule has 0 aliphatic heterocycles. The van der Waals surface area contributed by atoms with Crippen molar-refractivity contribution in [2.24, 2.45) is 9.39 Å². The Kier molecular flexibility index (Phi) is 6.51. The molecule has 0 saturated heterocycles. The number of phenols is 2. The van der Waals surface area contributed by atoms with Gasteiger partial charge < -0.3 is 10.2 Å². The van der Waals surface area contributed by atoms with Crippen LogP contribution < -0.4 is 0 Å². The number of sulfonamides is 1. The second-order valence-electron chi connectivity index (χ2n) is 5.87. The number of nitrogens with zero attached hydrogens (tertiary/aromatic N) is 2.